The van der Waals surface area contributed by atoms with Gasteiger partial charge >= 0.3 is 0 Å². The van der Waals surface area contributed by atoms with Gasteiger partial charge in [-0.3, -0.25) is 14.8 Å². The summed E-state index contributed by atoms with van der Waals surface area (Å²) in [5.41, 5.74) is 3.92. The van der Waals surface area contributed by atoms with Crippen LogP contribution in [0.25, 0.3) is 16.7 Å². The summed E-state index contributed by atoms with van der Waals surface area (Å²) in [4.78, 5) is 28.1. The zero-order valence-electron chi connectivity index (χ0n) is 16.3. The number of carbonyl (C=O) groups excluding carboxylic acids is 1. The summed E-state index contributed by atoms with van der Waals surface area (Å²) >= 11 is 0. The molecule has 7 heteroatoms. The van der Waals surface area contributed by atoms with Gasteiger partial charge in [0.25, 0.3) is 5.91 Å². The second-order valence-corrected chi connectivity index (χ2v) is 7.53. The molecule has 1 amide bonds. The monoisotopic (exact) mass is 401 g/mol. The van der Waals surface area contributed by atoms with E-state index in [1.54, 1.807) is 36.9 Å². The van der Waals surface area contributed by atoms with Gasteiger partial charge in [-0.15, -0.1) is 0 Å². The standard InChI is InChI=1S/C23H20FN5O/c24-18-4-6-19(7-5-18)29-14-22(27-15-29)17-2-1-11-28(13-17)23(30)16-3-8-20-21(12-16)26-10-9-25-20/h3-10,12,14-15,17H,1-2,11,13H2/t17-/m0/s1. The highest BCUT2D eigenvalue weighted by molar-refractivity contribution is 5.97. The van der Waals surface area contributed by atoms with Crippen LogP contribution in [-0.2, 0) is 0 Å². The first-order valence-corrected chi connectivity index (χ1v) is 9.97. The highest BCUT2D eigenvalue weighted by Gasteiger charge is 2.27. The average molecular weight is 401 g/mol. The van der Waals surface area contributed by atoms with Crippen molar-refractivity contribution in [2.75, 3.05) is 13.1 Å². The lowest BCUT2D eigenvalue weighted by molar-refractivity contribution is 0.0706. The molecule has 2 aromatic heterocycles. The Kier molecular flexibility index (Phi) is 4.71. The predicted molar refractivity (Wildman–Crippen MR) is 111 cm³/mol. The van der Waals surface area contributed by atoms with Gasteiger partial charge in [-0.25, -0.2) is 9.37 Å². The Bertz CT molecular complexity index is 1200. The zero-order chi connectivity index (χ0) is 20.5. The van der Waals surface area contributed by atoms with E-state index in [0.717, 1.165) is 41.8 Å². The molecule has 0 radical (unpaired) electrons. The Morgan fingerprint density at radius 3 is 2.63 bits per heavy atom. The molecular weight excluding hydrogens is 381 g/mol. The number of aromatic nitrogens is 4. The van der Waals surface area contributed by atoms with Crippen LogP contribution in [0.3, 0.4) is 0 Å². The summed E-state index contributed by atoms with van der Waals surface area (Å²) in [7, 11) is 0. The van der Waals surface area contributed by atoms with Crippen LogP contribution in [0.5, 0.6) is 0 Å². The first-order chi connectivity index (χ1) is 14.7. The quantitative estimate of drug-likeness (QED) is 0.521. The molecule has 0 aliphatic carbocycles. The van der Waals surface area contributed by atoms with E-state index < -0.39 is 0 Å². The van der Waals surface area contributed by atoms with Crippen molar-refractivity contribution in [3.8, 4) is 5.69 Å². The fourth-order valence-corrected chi connectivity index (χ4v) is 3.99. The molecule has 0 N–H and O–H groups in total. The highest BCUT2D eigenvalue weighted by atomic mass is 19.1. The fraction of sp³-hybridized carbons (Fsp3) is 0.217. The number of fused-ring (bicyclic) bond motifs is 1. The Balaban J connectivity index is 1.34. The van der Waals surface area contributed by atoms with Crippen LogP contribution in [0.1, 0.15) is 34.8 Å². The van der Waals surface area contributed by atoms with Crippen LogP contribution < -0.4 is 0 Å². The second-order valence-electron chi connectivity index (χ2n) is 7.53. The largest absolute Gasteiger partial charge is 0.338 e. The molecule has 3 heterocycles. The van der Waals surface area contributed by atoms with E-state index in [0.29, 0.717) is 12.1 Å². The van der Waals surface area contributed by atoms with Gasteiger partial charge in [0, 0.05) is 48.8 Å². The Labute approximate surface area is 173 Å². The van der Waals surface area contributed by atoms with Crippen molar-refractivity contribution < 1.29 is 9.18 Å². The van der Waals surface area contributed by atoms with Gasteiger partial charge in [0.2, 0.25) is 0 Å². The number of hydrogen-bond donors (Lipinski definition) is 0. The maximum Gasteiger partial charge on any atom is 0.253 e. The van der Waals surface area contributed by atoms with Crippen LogP contribution in [0.4, 0.5) is 4.39 Å². The van der Waals surface area contributed by atoms with E-state index in [1.165, 1.54) is 12.1 Å². The molecule has 150 valence electrons. The van der Waals surface area contributed by atoms with Crippen molar-refractivity contribution in [1.29, 1.82) is 0 Å². The minimum Gasteiger partial charge on any atom is -0.338 e. The molecule has 0 spiro atoms. The molecule has 1 aliphatic rings. The van der Waals surface area contributed by atoms with E-state index in [2.05, 4.69) is 15.0 Å². The van der Waals surface area contributed by atoms with Crippen molar-refractivity contribution in [2.45, 2.75) is 18.8 Å². The third-order valence-corrected chi connectivity index (χ3v) is 5.57. The number of rotatable bonds is 3. The van der Waals surface area contributed by atoms with Gasteiger partial charge in [-0.05, 0) is 55.3 Å². The number of nitrogens with zero attached hydrogens (tertiary/aromatic N) is 5. The molecule has 5 rings (SSSR count). The summed E-state index contributed by atoms with van der Waals surface area (Å²) in [6, 6.07) is 11.8. The number of hydrogen-bond acceptors (Lipinski definition) is 4. The lowest BCUT2D eigenvalue weighted by atomic mass is 9.94. The van der Waals surface area contributed by atoms with Crippen LogP contribution in [0, 0.1) is 5.82 Å². The molecule has 6 nitrogen and oxygen atoms in total. The third-order valence-electron chi connectivity index (χ3n) is 5.57. The number of piperidine rings is 1. The Morgan fingerprint density at radius 1 is 1.00 bits per heavy atom. The molecule has 0 unspecified atom stereocenters. The molecule has 1 saturated heterocycles. The summed E-state index contributed by atoms with van der Waals surface area (Å²) in [5.74, 6) is -0.0879. The van der Waals surface area contributed by atoms with Gasteiger partial charge in [0.15, 0.2) is 0 Å². The number of carbonyl (C=O) groups is 1. The molecule has 0 bridgehead atoms. The van der Waals surface area contributed by atoms with Crippen molar-refractivity contribution in [3.05, 3.63) is 84.5 Å². The smallest absolute Gasteiger partial charge is 0.253 e. The number of halogens is 1. The average Bonchev–Trinajstić information content (AvgIpc) is 3.29. The Morgan fingerprint density at radius 2 is 1.80 bits per heavy atom. The third kappa shape index (κ3) is 3.54. The SMILES string of the molecule is O=C(c1ccc2nccnc2c1)N1CCC[C@H](c2cn(-c3ccc(F)cc3)cn2)C1. The van der Waals surface area contributed by atoms with E-state index in [-0.39, 0.29) is 17.6 Å². The molecule has 30 heavy (non-hydrogen) atoms. The Hall–Kier alpha value is -3.61. The van der Waals surface area contributed by atoms with Gasteiger partial charge in [0.05, 0.1) is 23.1 Å². The first-order valence-electron chi connectivity index (χ1n) is 9.97. The van der Waals surface area contributed by atoms with E-state index in [4.69, 9.17) is 0 Å². The lowest BCUT2D eigenvalue weighted by Crippen LogP contribution is -2.39. The summed E-state index contributed by atoms with van der Waals surface area (Å²) in [6.45, 7) is 1.35. The lowest BCUT2D eigenvalue weighted by Gasteiger charge is -2.32. The van der Waals surface area contributed by atoms with Crippen LogP contribution in [0.15, 0.2) is 67.4 Å². The van der Waals surface area contributed by atoms with Crippen molar-refractivity contribution >= 4 is 16.9 Å². The van der Waals surface area contributed by atoms with Crippen molar-refractivity contribution in [3.63, 3.8) is 0 Å². The first kappa shape index (κ1) is 18.4. The van der Waals surface area contributed by atoms with Crippen molar-refractivity contribution in [1.82, 2.24) is 24.4 Å². The second kappa shape index (κ2) is 7.67. The molecular formula is C23H20FN5O. The minimum absolute atomic E-state index is 0.00483. The highest BCUT2D eigenvalue weighted by Crippen LogP contribution is 2.27. The molecule has 2 aromatic carbocycles. The van der Waals surface area contributed by atoms with Crippen LogP contribution >= 0.6 is 0 Å². The van der Waals surface area contributed by atoms with Crippen LogP contribution in [-0.4, -0.2) is 43.4 Å². The van der Waals surface area contributed by atoms with E-state index in [1.807, 2.05) is 27.8 Å². The van der Waals surface area contributed by atoms with Gasteiger partial charge in [-0.2, -0.15) is 0 Å². The van der Waals surface area contributed by atoms with Crippen molar-refractivity contribution in [2.24, 2.45) is 0 Å². The van der Waals surface area contributed by atoms with Gasteiger partial charge in [-0.1, -0.05) is 0 Å². The molecule has 1 atom stereocenters. The zero-order valence-corrected chi connectivity index (χ0v) is 16.3. The summed E-state index contributed by atoms with van der Waals surface area (Å²) in [6.07, 6.45) is 8.89. The van der Waals surface area contributed by atoms with E-state index >= 15 is 0 Å². The normalized spacial score (nSPS) is 16.7. The fourth-order valence-electron chi connectivity index (χ4n) is 3.99. The van der Waals surface area contributed by atoms with Crippen LogP contribution in [0.2, 0.25) is 0 Å². The minimum atomic E-state index is -0.264. The predicted octanol–water partition coefficient (Wildman–Crippen LogP) is 3.97. The molecule has 1 aliphatic heterocycles. The number of imidazole rings is 1. The number of benzene rings is 2. The maximum absolute atomic E-state index is 13.2. The van der Waals surface area contributed by atoms with Gasteiger partial charge in [0.1, 0.15) is 5.82 Å². The molecule has 4 aromatic rings. The molecule has 1 fully saturated rings. The maximum atomic E-state index is 13.2. The number of likely N-dealkylation sites (tertiary alicyclic amines) is 1. The molecule has 0 saturated carbocycles. The summed E-state index contributed by atoms with van der Waals surface area (Å²) in [5, 5.41) is 0. The number of amides is 1. The topological polar surface area (TPSA) is 63.9 Å². The van der Waals surface area contributed by atoms with Gasteiger partial charge < -0.3 is 9.47 Å². The summed E-state index contributed by atoms with van der Waals surface area (Å²) < 4.78 is 15.1. The van der Waals surface area contributed by atoms with E-state index in [9.17, 15) is 9.18 Å².